The van der Waals surface area contributed by atoms with Crippen LogP contribution in [0.4, 0.5) is 0 Å². The van der Waals surface area contributed by atoms with Gasteiger partial charge in [0.05, 0.1) is 0 Å². The largest absolute Gasteiger partial charge is 0.343 e. The summed E-state index contributed by atoms with van der Waals surface area (Å²) in [6.45, 7) is 3.00. The van der Waals surface area contributed by atoms with Crippen molar-refractivity contribution in [3.8, 4) is 0 Å². The lowest BCUT2D eigenvalue weighted by molar-refractivity contribution is -0.132. The van der Waals surface area contributed by atoms with Crippen molar-refractivity contribution in [3.05, 3.63) is 0 Å². The first-order valence-electron chi connectivity index (χ1n) is 6.61. The number of hydrogen-bond acceptors (Lipinski definition) is 2. The zero-order valence-corrected chi connectivity index (χ0v) is 10.7. The predicted molar refractivity (Wildman–Crippen MR) is 67.1 cm³/mol. The number of amides is 1. The molecule has 1 aliphatic rings. The van der Waals surface area contributed by atoms with E-state index in [1.54, 1.807) is 0 Å². The highest BCUT2D eigenvalue weighted by molar-refractivity contribution is 5.76. The van der Waals surface area contributed by atoms with Gasteiger partial charge in [0.15, 0.2) is 0 Å². The van der Waals surface area contributed by atoms with Crippen molar-refractivity contribution in [1.82, 2.24) is 4.90 Å². The Hall–Kier alpha value is -0.570. The van der Waals surface area contributed by atoms with E-state index in [0.29, 0.717) is 24.9 Å². The molecule has 0 aromatic heterocycles. The monoisotopic (exact) mass is 226 g/mol. The number of carbonyl (C=O) groups is 1. The fourth-order valence-electron chi connectivity index (χ4n) is 2.43. The van der Waals surface area contributed by atoms with Crippen molar-refractivity contribution in [1.29, 1.82) is 0 Å². The molecular formula is C13H26N2O. The second-order valence-corrected chi connectivity index (χ2v) is 5.16. The molecule has 1 amide bonds. The smallest absolute Gasteiger partial charge is 0.222 e. The maximum atomic E-state index is 11.9. The van der Waals surface area contributed by atoms with Crippen LogP contribution < -0.4 is 5.73 Å². The molecule has 0 radical (unpaired) electrons. The van der Waals surface area contributed by atoms with Gasteiger partial charge in [-0.1, -0.05) is 6.92 Å². The van der Waals surface area contributed by atoms with Gasteiger partial charge in [0, 0.05) is 19.5 Å². The summed E-state index contributed by atoms with van der Waals surface area (Å²) >= 11 is 0. The maximum Gasteiger partial charge on any atom is 0.222 e. The van der Waals surface area contributed by atoms with Gasteiger partial charge < -0.3 is 10.6 Å². The van der Waals surface area contributed by atoms with Gasteiger partial charge in [-0.3, -0.25) is 4.79 Å². The molecule has 0 atom stereocenters. The first kappa shape index (κ1) is 13.5. The normalized spacial score (nSPS) is 25.4. The zero-order chi connectivity index (χ0) is 12.0. The summed E-state index contributed by atoms with van der Waals surface area (Å²) in [6.07, 6.45) is 7.46. The Kier molecular flexibility index (Phi) is 5.81. The minimum Gasteiger partial charge on any atom is -0.343 e. The average Bonchev–Trinajstić information content (AvgIpc) is 2.29. The molecule has 0 bridgehead atoms. The molecule has 0 spiro atoms. The summed E-state index contributed by atoms with van der Waals surface area (Å²) in [5, 5.41) is 0. The molecule has 0 unspecified atom stereocenters. The molecule has 3 nitrogen and oxygen atoms in total. The van der Waals surface area contributed by atoms with Crippen molar-refractivity contribution in [3.63, 3.8) is 0 Å². The van der Waals surface area contributed by atoms with Gasteiger partial charge in [0.2, 0.25) is 5.91 Å². The van der Waals surface area contributed by atoms with Crippen molar-refractivity contribution < 1.29 is 4.79 Å². The number of nitrogens with two attached hydrogens (primary N) is 1. The van der Waals surface area contributed by atoms with Crippen LogP contribution in [0.15, 0.2) is 0 Å². The van der Waals surface area contributed by atoms with E-state index in [4.69, 9.17) is 5.73 Å². The molecule has 1 fully saturated rings. The third-order valence-electron chi connectivity index (χ3n) is 3.77. The molecule has 1 aliphatic carbocycles. The molecule has 0 aliphatic heterocycles. The molecule has 2 N–H and O–H groups in total. The van der Waals surface area contributed by atoms with Gasteiger partial charge in [0.25, 0.3) is 0 Å². The van der Waals surface area contributed by atoms with E-state index in [-0.39, 0.29) is 0 Å². The topological polar surface area (TPSA) is 46.3 Å². The number of rotatable bonds is 5. The van der Waals surface area contributed by atoms with Crippen LogP contribution in [0.2, 0.25) is 0 Å². The molecule has 0 heterocycles. The van der Waals surface area contributed by atoms with Crippen LogP contribution in [0.25, 0.3) is 0 Å². The Morgan fingerprint density at radius 2 is 1.88 bits per heavy atom. The van der Waals surface area contributed by atoms with Crippen LogP contribution >= 0.6 is 0 Å². The van der Waals surface area contributed by atoms with Crippen LogP contribution in [-0.4, -0.2) is 30.4 Å². The van der Waals surface area contributed by atoms with Crippen molar-refractivity contribution in [2.75, 3.05) is 13.6 Å². The third kappa shape index (κ3) is 4.12. The van der Waals surface area contributed by atoms with Crippen LogP contribution in [0, 0.1) is 5.92 Å². The maximum absolute atomic E-state index is 11.9. The van der Waals surface area contributed by atoms with Gasteiger partial charge >= 0.3 is 0 Å². The van der Waals surface area contributed by atoms with E-state index in [1.807, 2.05) is 11.9 Å². The Morgan fingerprint density at radius 3 is 2.44 bits per heavy atom. The molecule has 1 saturated carbocycles. The number of nitrogens with zero attached hydrogens (tertiary/aromatic N) is 1. The second-order valence-electron chi connectivity index (χ2n) is 5.16. The molecule has 0 aromatic rings. The third-order valence-corrected chi connectivity index (χ3v) is 3.77. The van der Waals surface area contributed by atoms with E-state index < -0.39 is 0 Å². The van der Waals surface area contributed by atoms with E-state index in [0.717, 1.165) is 18.8 Å². The molecule has 0 saturated heterocycles. The first-order chi connectivity index (χ1) is 7.65. The van der Waals surface area contributed by atoms with Gasteiger partial charge in [0.1, 0.15) is 0 Å². The number of unbranched alkanes of at least 4 members (excludes halogenated alkanes) is 1. The molecule has 94 valence electrons. The highest BCUT2D eigenvalue weighted by Crippen LogP contribution is 2.26. The number of hydrogen-bond donors (Lipinski definition) is 1. The second kappa shape index (κ2) is 6.89. The summed E-state index contributed by atoms with van der Waals surface area (Å²) in [5.41, 5.74) is 5.42. The van der Waals surface area contributed by atoms with Gasteiger partial charge in [-0.25, -0.2) is 0 Å². The summed E-state index contributed by atoms with van der Waals surface area (Å²) in [4.78, 5) is 13.9. The number of carbonyl (C=O) groups excluding carboxylic acids is 1. The molecule has 0 aromatic carbocycles. The summed E-state index contributed by atoms with van der Waals surface area (Å²) < 4.78 is 0. The van der Waals surface area contributed by atoms with Crippen molar-refractivity contribution in [2.24, 2.45) is 11.7 Å². The fourth-order valence-corrected chi connectivity index (χ4v) is 2.43. The molecule has 16 heavy (non-hydrogen) atoms. The zero-order valence-electron chi connectivity index (χ0n) is 10.7. The minimum absolute atomic E-state index is 0.299. The van der Waals surface area contributed by atoms with Crippen LogP contribution in [0.5, 0.6) is 0 Å². The molecule has 1 rings (SSSR count). The SMILES string of the molecule is CC1CCC(N(C)C(=O)CCCCN)CC1. The quantitative estimate of drug-likeness (QED) is 0.730. The predicted octanol–water partition coefficient (Wildman–Crippen LogP) is 2.15. The lowest BCUT2D eigenvalue weighted by Gasteiger charge is -2.33. The average molecular weight is 226 g/mol. The standard InChI is InChI=1S/C13H26N2O/c1-11-6-8-12(9-7-11)15(2)13(16)5-3-4-10-14/h11-12H,3-10,14H2,1-2H3. The van der Waals surface area contributed by atoms with E-state index in [2.05, 4.69) is 6.92 Å². The summed E-state index contributed by atoms with van der Waals surface area (Å²) in [7, 11) is 1.96. The van der Waals surface area contributed by atoms with E-state index in [9.17, 15) is 4.79 Å². The Bertz CT molecular complexity index is 210. The lowest BCUT2D eigenvalue weighted by atomic mass is 9.86. The van der Waals surface area contributed by atoms with Crippen molar-refractivity contribution >= 4 is 5.91 Å². The van der Waals surface area contributed by atoms with Gasteiger partial charge in [-0.2, -0.15) is 0 Å². The van der Waals surface area contributed by atoms with Gasteiger partial charge in [-0.05, 0) is 51.0 Å². The minimum atomic E-state index is 0.299. The Balaban J connectivity index is 2.27. The van der Waals surface area contributed by atoms with Crippen LogP contribution in [0.1, 0.15) is 51.9 Å². The highest BCUT2D eigenvalue weighted by atomic mass is 16.2. The molecular weight excluding hydrogens is 200 g/mol. The van der Waals surface area contributed by atoms with E-state index in [1.165, 1.54) is 25.7 Å². The van der Waals surface area contributed by atoms with Crippen LogP contribution in [0.3, 0.4) is 0 Å². The summed E-state index contributed by atoms with van der Waals surface area (Å²) in [5.74, 6) is 1.14. The van der Waals surface area contributed by atoms with Crippen molar-refractivity contribution in [2.45, 2.75) is 57.9 Å². The van der Waals surface area contributed by atoms with E-state index >= 15 is 0 Å². The Labute approximate surface area is 99.4 Å². The highest BCUT2D eigenvalue weighted by Gasteiger charge is 2.24. The first-order valence-corrected chi connectivity index (χ1v) is 6.61. The summed E-state index contributed by atoms with van der Waals surface area (Å²) in [6, 6.07) is 0.488. The van der Waals surface area contributed by atoms with Crippen LogP contribution in [-0.2, 0) is 4.79 Å². The molecule has 3 heteroatoms. The lowest BCUT2D eigenvalue weighted by Crippen LogP contribution is -2.39. The van der Waals surface area contributed by atoms with Gasteiger partial charge in [-0.15, -0.1) is 0 Å². The fraction of sp³-hybridized carbons (Fsp3) is 0.923. The Morgan fingerprint density at radius 1 is 1.25 bits per heavy atom.